The van der Waals surface area contributed by atoms with Crippen LogP contribution in [0.1, 0.15) is 37.0 Å². The van der Waals surface area contributed by atoms with Gasteiger partial charge in [-0.25, -0.2) is 0 Å². The van der Waals surface area contributed by atoms with Gasteiger partial charge in [-0.15, -0.1) is 24.8 Å². The number of benzene rings is 1. The summed E-state index contributed by atoms with van der Waals surface area (Å²) in [5, 5.41) is 1.22. The summed E-state index contributed by atoms with van der Waals surface area (Å²) in [7, 11) is 0. The molecule has 1 aromatic heterocycles. The monoisotopic (exact) mass is 427 g/mol. The molecule has 2 saturated heterocycles. The molecule has 2 fully saturated rings. The highest BCUT2D eigenvalue weighted by molar-refractivity contribution is 5.85. The molecule has 5 nitrogen and oxygen atoms in total. The Morgan fingerprint density at radius 3 is 2.75 bits per heavy atom. The Morgan fingerprint density at radius 2 is 2.00 bits per heavy atom. The van der Waals surface area contributed by atoms with Gasteiger partial charge in [-0.05, 0) is 50.3 Å². The van der Waals surface area contributed by atoms with Gasteiger partial charge in [0.2, 0.25) is 5.91 Å². The van der Waals surface area contributed by atoms with E-state index in [0.29, 0.717) is 30.8 Å². The van der Waals surface area contributed by atoms with Gasteiger partial charge >= 0.3 is 0 Å². The fourth-order valence-electron chi connectivity index (χ4n) is 4.70. The van der Waals surface area contributed by atoms with Crippen molar-refractivity contribution in [2.45, 2.75) is 45.2 Å². The molecule has 0 saturated carbocycles. The molecule has 0 unspecified atom stereocenters. The molecule has 7 heteroatoms. The molecular weight excluding hydrogens is 397 g/mol. The summed E-state index contributed by atoms with van der Waals surface area (Å²) >= 11 is 0. The molecule has 2 aliphatic heterocycles. The number of hydrogen-bond donors (Lipinski definition) is 1. The number of para-hydroxylation sites is 1. The van der Waals surface area contributed by atoms with Crippen LogP contribution < -0.4 is 5.73 Å². The minimum absolute atomic E-state index is 0. The molecule has 4 rings (SSSR count). The maximum Gasteiger partial charge on any atom is 0.222 e. The van der Waals surface area contributed by atoms with Crippen molar-refractivity contribution < 1.29 is 9.21 Å². The lowest BCUT2D eigenvalue weighted by atomic mass is 9.83. The lowest BCUT2D eigenvalue weighted by molar-refractivity contribution is -0.141. The summed E-state index contributed by atoms with van der Waals surface area (Å²) in [6, 6.07) is 8.66. The third kappa shape index (κ3) is 4.48. The van der Waals surface area contributed by atoms with Gasteiger partial charge in [0.25, 0.3) is 0 Å². The van der Waals surface area contributed by atoms with Crippen LogP contribution in [-0.2, 0) is 11.3 Å². The minimum Gasteiger partial charge on any atom is -0.459 e. The van der Waals surface area contributed by atoms with E-state index >= 15 is 0 Å². The van der Waals surface area contributed by atoms with Crippen LogP contribution in [0.2, 0.25) is 0 Å². The van der Waals surface area contributed by atoms with Gasteiger partial charge in [0.05, 0.1) is 6.54 Å². The molecule has 0 bridgehead atoms. The van der Waals surface area contributed by atoms with Crippen LogP contribution in [0.15, 0.2) is 28.7 Å². The van der Waals surface area contributed by atoms with E-state index in [2.05, 4.69) is 28.9 Å². The summed E-state index contributed by atoms with van der Waals surface area (Å²) in [5.41, 5.74) is 7.89. The quantitative estimate of drug-likeness (QED) is 0.788. The van der Waals surface area contributed by atoms with E-state index in [-0.39, 0.29) is 24.8 Å². The second kappa shape index (κ2) is 9.97. The van der Waals surface area contributed by atoms with Crippen molar-refractivity contribution in [3.05, 3.63) is 35.6 Å². The minimum atomic E-state index is 0. The first kappa shape index (κ1) is 23.0. The number of rotatable bonds is 5. The standard InChI is InChI=1S/C21H29N3O2.2ClH/c1-15-17-5-2-3-6-19(17)26-20(15)14-23-12-9-18-16(13-23)7-8-21(25)24(18)11-4-10-22;;/h2-3,5-6,16,18H,4,7-14,22H2,1H3;2*1H/t16-,18+;;/m0../s1. The molecule has 0 aliphatic carbocycles. The first-order chi connectivity index (χ1) is 12.7. The van der Waals surface area contributed by atoms with E-state index in [1.165, 1.54) is 10.9 Å². The van der Waals surface area contributed by atoms with Crippen molar-refractivity contribution in [1.82, 2.24) is 9.80 Å². The van der Waals surface area contributed by atoms with E-state index in [9.17, 15) is 4.79 Å². The first-order valence-corrected chi connectivity index (χ1v) is 9.86. The van der Waals surface area contributed by atoms with Crippen molar-refractivity contribution in [1.29, 1.82) is 0 Å². The number of carbonyl (C=O) groups excluding carboxylic acids is 1. The van der Waals surface area contributed by atoms with Crippen LogP contribution >= 0.6 is 24.8 Å². The van der Waals surface area contributed by atoms with Gasteiger partial charge in [-0.2, -0.15) is 0 Å². The largest absolute Gasteiger partial charge is 0.459 e. The fraction of sp³-hybridized carbons (Fsp3) is 0.571. The zero-order valence-corrected chi connectivity index (χ0v) is 18.1. The Morgan fingerprint density at radius 1 is 1.21 bits per heavy atom. The smallest absolute Gasteiger partial charge is 0.222 e. The molecule has 2 N–H and O–H groups in total. The highest BCUT2D eigenvalue weighted by Crippen LogP contribution is 2.33. The van der Waals surface area contributed by atoms with Gasteiger partial charge in [-0.3, -0.25) is 9.69 Å². The first-order valence-electron chi connectivity index (χ1n) is 9.86. The van der Waals surface area contributed by atoms with E-state index in [4.69, 9.17) is 10.2 Å². The molecule has 0 spiro atoms. The van der Waals surface area contributed by atoms with Crippen LogP contribution in [0.5, 0.6) is 0 Å². The molecule has 3 heterocycles. The number of nitrogens with two attached hydrogens (primary N) is 1. The number of piperidine rings is 2. The Kier molecular flexibility index (Phi) is 8.19. The fourth-order valence-corrected chi connectivity index (χ4v) is 4.70. The molecule has 156 valence electrons. The predicted octanol–water partition coefficient (Wildman–Crippen LogP) is 3.75. The molecule has 2 atom stereocenters. The topological polar surface area (TPSA) is 62.7 Å². The number of carbonyl (C=O) groups is 1. The van der Waals surface area contributed by atoms with Crippen LogP contribution in [0, 0.1) is 12.8 Å². The maximum absolute atomic E-state index is 12.3. The lowest BCUT2D eigenvalue weighted by Gasteiger charge is -2.47. The number of aryl methyl sites for hydroxylation is 1. The van der Waals surface area contributed by atoms with Crippen LogP contribution in [-0.4, -0.2) is 47.9 Å². The molecule has 2 aromatic rings. The van der Waals surface area contributed by atoms with E-state index in [1.54, 1.807) is 0 Å². The lowest BCUT2D eigenvalue weighted by Crippen LogP contribution is -2.56. The number of halogens is 2. The third-order valence-electron chi connectivity index (χ3n) is 6.14. The van der Waals surface area contributed by atoms with Crippen LogP contribution in [0.3, 0.4) is 0 Å². The Bertz CT molecular complexity index is 795. The second-order valence-electron chi connectivity index (χ2n) is 7.77. The van der Waals surface area contributed by atoms with E-state index in [1.807, 2.05) is 12.1 Å². The number of furan rings is 1. The third-order valence-corrected chi connectivity index (χ3v) is 6.14. The van der Waals surface area contributed by atoms with Crippen molar-refractivity contribution in [3.63, 3.8) is 0 Å². The summed E-state index contributed by atoms with van der Waals surface area (Å²) < 4.78 is 6.11. The average molecular weight is 428 g/mol. The molecule has 1 amide bonds. The normalized spacial score (nSPS) is 22.5. The Balaban J connectivity index is 0.00000140. The Hall–Kier alpha value is -1.27. The van der Waals surface area contributed by atoms with Crippen LogP contribution in [0.25, 0.3) is 11.0 Å². The number of likely N-dealkylation sites (tertiary alicyclic amines) is 2. The summed E-state index contributed by atoms with van der Waals surface area (Å²) in [6.45, 7) is 6.55. The SMILES string of the molecule is Cc1c(CN2CC[C@@H]3[C@@H](CCC(=O)N3CCCN)C2)oc2ccccc12.Cl.Cl. The summed E-state index contributed by atoms with van der Waals surface area (Å²) in [6.07, 6.45) is 3.65. The molecule has 28 heavy (non-hydrogen) atoms. The molecule has 2 aliphatic rings. The van der Waals surface area contributed by atoms with Crippen molar-refractivity contribution >= 4 is 41.7 Å². The van der Waals surface area contributed by atoms with Crippen molar-refractivity contribution in [2.75, 3.05) is 26.2 Å². The average Bonchev–Trinajstić information content (AvgIpc) is 2.97. The van der Waals surface area contributed by atoms with Gasteiger partial charge in [-0.1, -0.05) is 18.2 Å². The molecule has 0 radical (unpaired) electrons. The maximum atomic E-state index is 12.3. The van der Waals surface area contributed by atoms with Gasteiger partial charge in [0.1, 0.15) is 11.3 Å². The van der Waals surface area contributed by atoms with Gasteiger partial charge in [0, 0.05) is 37.5 Å². The van der Waals surface area contributed by atoms with E-state index < -0.39 is 0 Å². The van der Waals surface area contributed by atoms with Crippen molar-refractivity contribution in [2.24, 2.45) is 11.7 Å². The van der Waals surface area contributed by atoms with E-state index in [0.717, 1.165) is 56.8 Å². The highest BCUT2D eigenvalue weighted by Gasteiger charge is 2.39. The second-order valence-corrected chi connectivity index (χ2v) is 7.77. The van der Waals surface area contributed by atoms with Gasteiger partial charge in [0.15, 0.2) is 0 Å². The number of amides is 1. The summed E-state index contributed by atoms with van der Waals surface area (Å²) in [4.78, 5) is 16.9. The van der Waals surface area contributed by atoms with Crippen LogP contribution in [0.4, 0.5) is 0 Å². The number of nitrogens with zero attached hydrogens (tertiary/aromatic N) is 2. The van der Waals surface area contributed by atoms with Gasteiger partial charge < -0.3 is 15.1 Å². The van der Waals surface area contributed by atoms with Crippen molar-refractivity contribution in [3.8, 4) is 0 Å². The zero-order chi connectivity index (χ0) is 18.1. The molecule has 1 aromatic carbocycles. The Labute approximate surface area is 179 Å². The molecular formula is C21H31Cl2N3O2. The highest BCUT2D eigenvalue weighted by atomic mass is 35.5. The zero-order valence-electron chi connectivity index (χ0n) is 16.4. The summed E-state index contributed by atoms with van der Waals surface area (Å²) in [5.74, 6) is 1.97. The number of fused-ring (bicyclic) bond motifs is 2. The predicted molar refractivity (Wildman–Crippen MR) is 117 cm³/mol. The number of hydrogen-bond acceptors (Lipinski definition) is 4.